The van der Waals surface area contributed by atoms with Crippen LogP contribution < -0.4 is 10.5 Å². The highest BCUT2D eigenvalue weighted by atomic mass is 16.5. The molecule has 0 aromatic heterocycles. The van der Waals surface area contributed by atoms with Crippen LogP contribution in [0.15, 0.2) is 18.2 Å². The molecule has 0 spiro atoms. The minimum atomic E-state index is -0.556. The third-order valence-electron chi connectivity index (χ3n) is 3.55. The number of aryl methyl sites for hydroxylation is 1. The number of nitrogens with two attached hydrogens (primary N) is 1. The molecule has 98 valence electrons. The van der Waals surface area contributed by atoms with Crippen molar-refractivity contribution in [2.45, 2.75) is 13.3 Å². The maximum absolute atomic E-state index is 12.6. The molecule has 1 heterocycles. The van der Waals surface area contributed by atoms with Crippen molar-refractivity contribution in [2.24, 2.45) is 11.1 Å². The molecule has 0 saturated carbocycles. The number of ether oxygens (including phenoxy) is 2. The first-order chi connectivity index (χ1) is 8.66. The Labute approximate surface area is 107 Å². The Morgan fingerprint density at radius 1 is 1.50 bits per heavy atom. The Balaban J connectivity index is 2.39. The first-order valence-corrected chi connectivity index (χ1v) is 6.16. The first-order valence-electron chi connectivity index (χ1n) is 6.16. The molecule has 18 heavy (non-hydrogen) atoms. The van der Waals surface area contributed by atoms with Crippen molar-refractivity contribution in [2.75, 3.05) is 26.9 Å². The molecule has 0 unspecified atom stereocenters. The number of benzene rings is 1. The molecule has 2 rings (SSSR count). The Bertz CT molecular complexity index is 447. The average molecular weight is 249 g/mol. The summed E-state index contributed by atoms with van der Waals surface area (Å²) in [5.74, 6) is 0.639. The van der Waals surface area contributed by atoms with Gasteiger partial charge in [0, 0.05) is 6.54 Å². The van der Waals surface area contributed by atoms with Gasteiger partial charge in [-0.05, 0) is 24.1 Å². The molecule has 4 nitrogen and oxygen atoms in total. The smallest absolute Gasteiger partial charge is 0.178 e. The normalized spacial score (nSPS) is 17.1. The Hall–Kier alpha value is -1.39. The molecule has 1 saturated heterocycles. The lowest BCUT2D eigenvalue weighted by Gasteiger charge is -2.39. The maximum atomic E-state index is 12.6. The van der Waals surface area contributed by atoms with E-state index < -0.39 is 5.41 Å². The predicted molar refractivity (Wildman–Crippen MR) is 69.0 cm³/mol. The van der Waals surface area contributed by atoms with E-state index in [2.05, 4.69) is 6.92 Å². The largest absolute Gasteiger partial charge is 0.496 e. The molecule has 0 radical (unpaired) electrons. The molecule has 0 amide bonds. The van der Waals surface area contributed by atoms with E-state index in [0.717, 1.165) is 12.0 Å². The van der Waals surface area contributed by atoms with Crippen LogP contribution in [-0.4, -0.2) is 32.7 Å². The highest BCUT2D eigenvalue weighted by molar-refractivity contribution is 6.03. The van der Waals surface area contributed by atoms with Crippen LogP contribution in [0.1, 0.15) is 22.8 Å². The minimum absolute atomic E-state index is 0.0309. The van der Waals surface area contributed by atoms with Gasteiger partial charge in [-0.1, -0.05) is 13.0 Å². The number of methoxy groups -OCH3 is 1. The van der Waals surface area contributed by atoms with Crippen LogP contribution in [0.3, 0.4) is 0 Å². The van der Waals surface area contributed by atoms with Crippen LogP contribution in [0, 0.1) is 5.41 Å². The van der Waals surface area contributed by atoms with Crippen LogP contribution in [0.5, 0.6) is 5.75 Å². The van der Waals surface area contributed by atoms with Gasteiger partial charge in [-0.25, -0.2) is 0 Å². The molecule has 1 aliphatic rings. The summed E-state index contributed by atoms with van der Waals surface area (Å²) in [5, 5.41) is 0. The lowest BCUT2D eigenvalue weighted by atomic mass is 9.78. The summed E-state index contributed by atoms with van der Waals surface area (Å²) in [5.41, 5.74) is 6.91. The van der Waals surface area contributed by atoms with Gasteiger partial charge in [-0.3, -0.25) is 4.79 Å². The van der Waals surface area contributed by atoms with Gasteiger partial charge in [0.1, 0.15) is 5.75 Å². The van der Waals surface area contributed by atoms with Gasteiger partial charge in [0.05, 0.1) is 31.3 Å². The summed E-state index contributed by atoms with van der Waals surface area (Å²) < 4.78 is 10.4. The molecular formula is C14H19NO3. The zero-order valence-corrected chi connectivity index (χ0v) is 10.9. The van der Waals surface area contributed by atoms with E-state index in [-0.39, 0.29) is 5.78 Å². The second kappa shape index (κ2) is 5.08. The average Bonchev–Trinajstić information content (AvgIpc) is 2.37. The summed E-state index contributed by atoms with van der Waals surface area (Å²) in [6, 6.07) is 5.72. The summed E-state index contributed by atoms with van der Waals surface area (Å²) in [7, 11) is 1.57. The molecule has 1 fully saturated rings. The van der Waals surface area contributed by atoms with E-state index >= 15 is 0 Å². The van der Waals surface area contributed by atoms with Gasteiger partial charge in [0.2, 0.25) is 0 Å². The van der Waals surface area contributed by atoms with Crippen molar-refractivity contribution in [3.63, 3.8) is 0 Å². The quantitative estimate of drug-likeness (QED) is 0.802. The van der Waals surface area contributed by atoms with E-state index in [1.54, 1.807) is 7.11 Å². The summed E-state index contributed by atoms with van der Waals surface area (Å²) in [6.45, 7) is 3.18. The van der Waals surface area contributed by atoms with Crippen molar-refractivity contribution in [3.05, 3.63) is 29.3 Å². The van der Waals surface area contributed by atoms with E-state index in [4.69, 9.17) is 15.2 Å². The second-order valence-electron chi connectivity index (χ2n) is 4.69. The molecule has 1 aromatic carbocycles. The van der Waals surface area contributed by atoms with Crippen molar-refractivity contribution >= 4 is 5.78 Å². The van der Waals surface area contributed by atoms with Crippen molar-refractivity contribution in [1.29, 1.82) is 0 Å². The van der Waals surface area contributed by atoms with Crippen molar-refractivity contribution < 1.29 is 14.3 Å². The van der Waals surface area contributed by atoms with E-state index in [0.29, 0.717) is 31.1 Å². The molecule has 1 aliphatic heterocycles. The zero-order chi connectivity index (χ0) is 13.2. The van der Waals surface area contributed by atoms with Crippen LogP contribution in [0.4, 0.5) is 0 Å². The Kier molecular flexibility index (Phi) is 3.68. The van der Waals surface area contributed by atoms with E-state index in [9.17, 15) is 4.79 Å². The fourth-order valence-corrected chi connectivity index (χ4v) is 2.13. The molecule has 2 N–H and O–H groups in total. The Morgan fingerprint density at radius 3 is 2.67 bits per heavy atom. The van der Waals surface area contributed by atoms with E-state index in [1.807, 2.05) is 18.2 Å². The standard InChI is InChI=1S/C14H19NO3/c1-3-10-4-5-12(17-2)11(6-10)13(16)14(7-15)8-18-9-14/h4-6H,3,7-9,15H2,1-2H3. The van der Waals surface area contributed by atoms with Gasteiger partial charge in [-0.15, -0.1) is 0 Å². The molecule has 1 aromatic rings. The molecule has 0 aliphatic carbocycles. The van der Waals surface area contributed by atoms with Gasteiger partial charge in [-0.2, -0.15) is 0 Å². The third-order valence-corrected chi connectivity index (χ3v) is 3.55. The zero-order valence-electron chi connectivity index (χ0n) is 10.9. The fourth-order valence-electron chi connectivity index (χ4n) is 2.13. The number of rotatable bonds is 5. The molecule has 4 heteroatoms. The number of carbonyl (C=O) groups is 1. The van der Waals surface area contributed by atoms with Gasteiger partial charge in [0.15, 0.2) is 5.78 Å². The number of carbonyl (C=O) groups excluding carboxylic acids is 1. The lowest BCUT2D eigenvalue weighted by molar-refractivity contribution is -0.0816. The SMILES string of the molecule is CCc1ccc(OC)c(C(=O)C2(CN)COC2)c1. The number of ketones is 1. The number of Topliss-reactive ketones (excluding diaryl/α,β-unsaturated/α-hetero) is 1. The lowest BCUT2D eigenvalue weighted by Crippen LogP contribution is -2.54. The number of hydrogen-bond acceptors (Lipinski definition) is 4. The molecular weight excluding hydrogens is 230 g/mol. The topological polar surface area (TPSA) is 61.5 Å². The highest BCUT2D eigenvalue weighted by Crippen LogP contribution is 2.34. The molecule has 0 atom stereocenters. The summed E-state index contributed by atoms with van der Waals surface area (Å²) >= 11 is 0. The third kappa shape index (κ3) is 2.02. The van der Waals surface area contributed by atoms with Gasteiger partial charge >= 0.3 is 0 Å². The van der Waals surface area contributed by atoms with Crippen molar-refractivity contribution in [3.8, 4) is 5.75 Å². The van der Waals surface area contributed by atoms with Crippen LogP contribution in [0.25, 0.3) is 0 Å². The monoisotopic (exact) mass is 249 g/mol. The van der Waals surface area contributed by atoms with Crippen LogP contribution >= 0.6 is 0 Å². The first kappa shape index (κ1) is 13.1. The fraction of sp³-hybridized carbons (Fsp3) is 0.500. The molecule has 0 bridgehead atoms. The predicted octanol–water partition coefficient (Wildman–Crippen LogP) is 1.42. The number of hydrogen-bond donors (Lipinski definition) is 1. The summed E-state index contributed by atoms with van der Waals surface area (Å²) in [4.78, 5) is 12.6. The van der Waals surface area contributed by atoms with Crippen LogP contribution in [-0.2, 0) is 11.2 Å². The van der Waals surface area contributed by atoms with Gasteiger partial charge < -0.3 is 15.2 Å². The van der Waals surface area contributed by atoms with Crippen molar-refractivity contribution in [1.82, 2.24) is 0 Å². The van der Waals surface area contributed by atoms with Crippen LogP contribution in [0.2, 0.25) is 0 Å². The minimum Gasteiger partial charge on any atom is -0.496 e. The Morgan fingerprint density at radius 2 is 2.22 bits per heavy atom. The second-order valence-corrected chi connectivity index (χ2v) is 4.69. The maximum Gasteiger partial charge on any atom is 0.178 e. The van der Waals surface area contributed by atoms with Gasteiger partial charge in [0.25, 0.3) is 0 Å². The summed E-state index contributed by atoms with van der Waals surface area (Å²) in [6.07, 6.45) is 0.885. The highest BCUT2D eigenvalue weighted by Gasteiger charge is 2.45. The van der Waals surface area contributed by atoms with E-state index in [1.165, 1.54) is 0 Å².